The van der Waals surface area contributed by atoms with E-state index in [0.717, 1.165) is 24.0 Å². The van der Waals surface area contributed by atoms with E-state index in [1.807, 2.05) is 6.07 Å². The van der Waals surface area contributed by atoms with Crippen LogP contribution in [0.2, 0.25) is 0 Å². The number of anilines is 1. The minimum absolute atomic E-state index is 0.0397. The van der Waals surface area contributed by atoms with Crippen molar-refractivity contribution in [3.8, 4) is 5.75 Å². The van der Waals surface area contributed by atoms with E-state index in [2.05, 4.69) is 5.32 Å². The van der Waals surface area contributed by atoms with Crippen LogP contribution in [0, 0.1) is 11.7 Å². The molecule has 0 bridgehead atoms. The molecule has 1 aliphatic heterocycles. The Kier molecular flexibility index (Phi) is 4.32. The number of halogens is 1. The summed E-state index contributed by atoms with van der Waals surface area (Å²) in [5.41, 5.74) is 2.40. The summed E-state index contributed by atoms with van der Waals surface area (Å²) in [6.45, 7) is 0.710. The van der Waals surface area contributed by atoms with E-state index in [0.29, 0.717) is 24.5 Å². The third kappa shape index (κ3) is 3.69. The lowest BCUT2D eigenvalue weighted by Crippen LogP contribution is -2.31. The lowest BCUT2D eigenvalue weighted by molar-refractivity contribution is -0.133. The van der Waals surface area contributed by atoms with E-state index < -0.39 is 0 Å². The molecular weight excluding hydrogens is 335 g/mol. The normalized spacial score (nSPS) is 16.5. The average Bonchev–Trinajstić information content (AvgIpc) is 3.47. The lowest BCUT2D eigenvalue weighted by Gasteiger charge is -2.20. The largest absolute Gasteiger partial charge is 0.483 e. The molecule has 2 aliphatic rings. The molecule has 134 valence electrons. The average molecular weight is 354 g/mol. The van der Waals surface area contributed by atoms with Crippen molar-refractivity contribution in [3.05, 3.63) is 59.4 Å². The number of carbonyl (C=O) groups is 2. The molecule has 0 radical (unpaired) electrons. The fourth-order valence-electron chi connectivity index (χ4n) is 2.99. The summed E-state index contributed by atoms with van der Waals surface area (Å²) in [5.74, 6) is 0.375. The molecule has 4 rings (SSSR count). The molecule has 0 spiro atoms. The third-order valence-corrected chi connectivity index (χ3v) is 4.63. The lowest BCUT2D eigenvalue weighted by atomic mass is 10.1. The Bertz CT molecular complexity index is 847. The zero-order valence-electron chi connectivity index (χ0n) is 14.2. The van der Waals surface area contributed by atoms with Crippen molar-refractivity contribution >= 4 is 17.5 Å². The van der Waals surface area contributed by atoms with E-state index >= 15 is 0 Å². The Morgan fingerprint density at radius 2 is 1.96 bits per heavy atom. The highest BCUT2D eigenvalue weighted by atomic mass is 19.1. The molecular formula is C20H19FN2O3. The van der Waals surface area contributed by atoms with Crippen LogP contribution < -0.4 is 10.1 Å². The second kappa shape index (κ2) is 6.78. The maximum Gasteiger partial charge on any atom is 0.261 e. The SMILES string of the molecule is O=C(Nc1ccc2c(c1)CN(Cc1ccc(F)cc1)C(=O)CO2)C1CC1. The maximum atomic E-state index is 13.1. The van der Waals surface area contributed by atoms with Gasteiger partial charge in [-0.1, -0.05) is 12.1 Å². The number of nitrogens with zero attached hydrogens (tertiary/aromatic N) is 1. The van der Waals surface area contributed by atoms with Gasteiger partial charge in [0.1, 0.15) is 11.6 Å². The van der Waals surface area contributed by atoms with Crippen LogP contribution >= 0.6 is 0 Å². The van der Waals surface area contributed by atoms with Crippen LogP contribution in [0.4, 0.5) is 10.1 Å². The zero-order valence-corrected chi connectivity index (χ0v) is 14.2. The molecule has 0 atom stereocenters. The van der Waals surface area contributed by atoms with Crippen LogP contribution in [-0.4, -0.2) is 23.3 Å². The van der Waals surface area contributed by atoms with Gasteiger partial charge in [-0.05, 0) is 48.7 Å². The van der Waals surface area contributed by atoms with E-state index in [1.54, 1.807) is 29.2 Å². The molecule has 2 aromatic rings. The maximum absolute atomic E-state index is 13.1. The molecule has 1 aliphatic carbocycles. The summed E-state index contributed by atoms with van der Waals surface area (Å²) >= 11 is 0. The minimum Gasteiger partial charge on any atom is -0.483 e. The molecule has 0 unspecified atom stereocenters. The van der Waals surface area contributed by atoms with Gasteiger partial charge in [-0.3, -0.25) is 9.59 Å². The molecule has 1 heterocycles. The van der Waals surface area contributed by atoms with Gasteiger partial charge in [0.15, 0.2) is 6.61 Å². The van der Waals surface area contributed by atoms with Crippen molar-refractivity contribution in [3.63, 3.8) is 0 Å². The molecule has 6 heteroatoms. The first-order valence-corrected chi connectivity index (χ1v) is 8.67. The number of amides is 2. The number of ether oxygens (including phenoxy) is 1. The Hall–Kier alpha value is -2.89. The fraction of sp³-hybridized carbons (Fsp3) is 0.300. The van der Waals surface area contributed by atoms with Crippen LogP contribution in [0.5, 0.6) is 5.75 Å². The molecule has 1 saturated carbocycles. The summed E-state index contributed by atoms with van der Waals surface area (Å²) in [5, 5.41) is 2.92. The van der Waals surface area contributed by atoms with Gasteiger partial charge in [0, 0.05) is 30.3 Å². The van der Waals surface area contributed by atoms with Crippen molar-refractivity contribution in [1.82, 2.24) is 4.90 Å². The quantitative estimate of drug-likeness (QED) is 0.918. The van der Waals surface area contributed by atoms with Crippen molar-refractivity contribution in [1.29, 1.82) is 0 Å². The summed E-state index contributed by atoms with van der Waals surface area (Å²) in [4.78, 5) is 26.0. The number of hydrogen-bond acceptors (Lipinski definition) is 3. The zero-order chi connectivity index (χ0) is 18.1. The monoisotopic (exact) mass is 354 g/mol. The van der Waals surface area contributed by atoms with E-state index in [4.69, 9.17) is 4.74 Å². The summed E-state index contributed by atoms with van der Waals surface area (Å²) in [6.07, 6.45) is 1.89. The van der Waals surface area contributed by atoms with Crippen molar-refractivity contribution in [2.45, 2.75) is 25.9 Å². The summed E-state index contributed by atoms with van der Waals surface area (Å²) in [7, 11) is 0. The minimum atomic E-state index is -0.305. The van der Waals surface area contributed by atoms with E-state index in [-0.39, 0.29) is 30.2 Å². The van der Waals surface area contributed by atoms with Crippen molar-refractivity contribution in [2.24, 2.45) is 5.92 Å². The molecule has 26 heavy (non-hydrogen) atoms. The standard InChI is InChI=1S/C20H19FN2O3/c21-16-5-1-13(2-6-16)10-23-11-15-9-17(22-20(25)14-3-4-14)7-8-18(15)26-12-19(23)24/h1-2,5-9,14H,3-4,10-12H2,(H,22,25). The van der Waals surface area contributed by atoms with Gasteiger partial charge in [-0.2, -0.15) is 0 Å². The Morgan fingerprint density at radius 1 is 1.19 bits per heavy atom. The van der Waals surface area contributed by atoms with Gasteiger partial charge in [-0.15, -0.1) is 0 Å². The van der Waals surface area contributed by atoms with Crippen molar-refractivity contribution < 1.29 is 18.7 Å². The van der Waals surface area contributed by atoms with Gasteiger partial charge >= 0.3 is 0 Å². The molecule has 5 nitrogen and oxygen atoms in total. The highest BCUT2D eigenvalue weighted by Crippen LogP contribution is 2.32. The predicted octanol–water partition coefficient (Wildman–Crippen LogP) is 3.10. The molecule has 2 aromatic carbocycles. The van der Waals surface area contributed by atoms with E-state index in [9.17, 15) is 14.0 Å². The number of fused-ring (bicyclic) bond motifs is 1. The second-order valence-corrected chi connectivity index (χ2v) is 6.75. The predicted molar refractivity (Wildman–Crippen MR) is 93.9 cm³/mol. The highest BCUT2D eigenvalue weighted by Gasteiger charge is 2.30. The van der Waals surface area contributed by atoms with Crippen LogP contribution in [-0.2, 0) is 22.7 Å². The highest BCUT2D eigenvalue weighted by molar-refractivity contribution is 5.94. The van der Waals surface area contributed by atoms with Crippen LogP contribution in [0.1, 0.15) is 24.0 Å². The van der Waals surface area contributed by atoms with Crippen LogP contribution in [0.25, 0.3) is 0 Å². The van der Waals surface area contributed by atoms with Gasteiger partial charge in [0.05, 0.1) is 0 Å². The molecule has 1 fully saturated rings. The fourth-order valence-corrected chi connectivity index (χ4v) is 2.99. The topological polar surface area (TPSA) is 58.6 Å². The number of hydrogen-bond donors (Lipinski definition) is 1. The Morgan fingerprint density at radius 3 is 2.69 bits per heavy atom. The molecule has 1 N–H and O–H groups in total. The summed E-state index contributed by atoms with van der Waals surface area (Å²) in [6, 6.07) is 11.5. The van der Waals surface area contributed by atoms with Gasteiger partial charge in [0.2, 0.25) is 5.91 Å². The Balaban J connectivity index is 1.52. The molecule has 0 saturated heterocycles. The number of rotatable bonds is 4. The molecule has 0 aromatic heterocycles. The first-order chi connectivity index (χ1) is 12.6. The van der Waals surface area contributed by atoms with Crippen LogP contribution in [0.3, 0.4) is 0 Å². The van der Waals surface area contributed by atoms with Crippen LogP contribution in [0.15, 0.2) is 42.5 Å². The van der Waals surface area contributed by atoms with Gasteiger partial charge in [-0.25, -0.2) is 4.39 Å². The van der Waals surface area contributed by atoms with Gasteiger partial charge in [0.25, 0.3) is 5.91 Å². The summed E-state index contributed by atoms with van der Waals surface area (Å²) < 4.78 is 18.7. The van der Waals surface area contributed by atoms with Gasteiger partial charge < -0.3 is 15.0 Å². The third-order valence-electron chi connectivity index (χ3n) is 4.63. The van der Waals surface area contributed by atoms with Crippen molar-refractivity contribution in [2.75, 3.05) is 11.9 Å². The number of nitrogens with one attached hydrogen (secondary N) is 1. The van der Waals surface area contributed by atoms with E-state index in [1.165, 1.54) is 12.1 Å². The Labute approximate surface area is 150 Å². The number of carbonyl (C=O) groups excluding carboxylic acids is 2. The number of benzene rings is 2. The first-order valence-electron chi connectivity index (χ1n) is 8.67. The first kappa shape index (κ1) is 16.6. The smallest absolute Gasteiger partial charge is 0.261 e. The molecule has 2 amide bonds. The second-order valence-electron chi connectivity index (χ2n) is 6.75.